The van der Waals surface area contributed by atoms with Crippen LogP contribution in [0.4, 0.5) is 4.39 Å². The number of carbonyl (C=O) groups is 2. The molecular weight excluding hydrogens is 596 g/mol. The summed E-state index contributed by atoms with van der Waals surface area (Å²) in [6, 6.07) is 8.42. The average molecular weight is 638 g/mol. The van der Waals surface area contributed by atoms with Crippen LogP contribution in [0.15, 0.2) is 59.7 Å². The quantitative estimate of drug-likeness (QED) is 0.133. The number of thiazole rings is 1. The molecule has 3 aliphatic carbocycles. The zero-order valence-corrected chi connectivity index (χ0v) is 27.6. The Morgan fingerprint density at radius 2 is 2.00 bits per heavy atom. The van der Waals surface area contributed by atoms with Crippen molar-refractivity contribution >= 4 is 45.1 Å². The number of ketones is 1. The molecule has 2 aromatic heterocycles. The van der Waals surface area contributed by atoms with Crippen LogP contribution in [-0.2, 0) is 20.9 Å². The molecule has 234 valence electrons. The Balaban J connectivity index is 1.21. The summed E-state index contributed by atoms with van der Waals surface area (Å²) >= 11 is 2.88. The van der Waals surface area contributed by atoms with Crippen LogP contribution in [0.5, 0.6) is 0 Å². The van der Waals surface area contributed by atoms with Gasteiger partial charge < -0.3 is 9.84 Å². The molecule has 0 unspecified atom stereocenters. The molecular formula is C35H42FN2O4S2+. The topological polar surface area (TPSA) is 80.4 Å². The van der Waals surface area contributed by atoms with Crippen molar-refractivity contribution in [3.05, 3.63) is 66.8 Å². The standard InChI is InChI=1S/C35H42FN2O4S2/c1-6-33(4)17-28(34(5)21(2)11-14-35(22(3)31(33)41)15-12-26(39)30(34)35)42-29(40)20-43-32-37-25-13-16-38(19-27(25)44-32)18-23-7-9-24(36)10-8-23/h6-10,13,16,19,21-22,28,30-31,41H,1,11-12,14-15,17-18,20H2,2-5H3/q+1/t21-,22+,28-,30+,31+,33-,34+,35+/m1/s1. The van der Waals surface area contributed by atoms with Crippen LogP contribution in [0.25, 0.3) is 10.2 Å². The number of benzene rings is 1. The normalized spacial score (nSPS) is 35.1. The lowest BCUT2D eigenvalue weighted by Gasteiger charge is -2.61. The molecule has 1 N–H and O–H groups in total. The van der Waals surface area contributed by atoms with Crippen molar-refractivity contribution in [2.75, 3.05) is 5.75 Å². The van der Waals surface area contributed by atoms with Crippen LogP contribution >= 0.6 is 23.1 Å². The monoisotopic (exact) mass is 637 g/mol. The number of halogens is 1. The van der Waals surface area contributed by atoms with Crippen molar-refractivity contribution in [3.8, 4) is 0 Å². The van der Waals surface area contributed by atoms with Crippen LogP contribution in [0.3, 0.4) is 0 Å². The minimum Gasteiger partial charge on any atom is -0.461 e. The second-order valence-electron chi connectivity index (χ2n) is 13.8. The van der Waals surface area contributed by atoms with E-state index in [0.717, 1.165) is 39.4 Å². The lowest BCUT2D eigenvalue weighted by atomic mass is 9.44. The number of Topliss-reactive ketones (excluding diaryl/α,β-unsaturated/α-hetero) is 1. The predicted molar refractivity (Wildman–Crippen MR) is 171 cm³/mol. The highest BCUT2D eigenvalue weighted by Crippen LogP contribution is 2.68. The third-order valence-corrected chi connectivity index (χ3v) is 13.7. The van der Waals surface area contributed by atoms with E-state index in [9.17, 15) is 19.1 Å². The summed E-state index contributed by atoms with van der Waals surface area (Å²) < 4.78 is 23.5. The molecule has 8 atom stereocenters. The number of aliphatic hydroxyl groups is 1. The largest absolute Gasteiger partial charge is 0.461 e. The van der Waals surface area contributed by atoms with Crippen LogP contribution in [0, 0.1) is 39.8 Å². The molecule has 0 saturated heterocycles. The number of esters is 1. The number of rotatable bonds is 7. The zero-order chi connectivity index (χ0) is 31.4. The van der Waals surface area contributed by atoms with Gasteiger partial charge in [0, 0.05) is 34.8 Å². The van der Waals surface area contributed by atoms with Crippen molar-refractivity contribution in [3.63, 3.8) is 0 Å². The lowest BCUT2D eigenvalue weighted by Crippen LogP contribution is -2.63. The fourth-order valence-electron chi connectivity index (χ4n) is 8.67. The third-order valence-electron chi connectivity index (χ3n) is 11.5. The minimum atomic E-state index is -0.685. The highest BCUT2D eigenvalue weighted by atomic mass is 32.2. The van der Waals surface area contributed by atoms with E-state index in [2.05, 4.69) is 27.4 Å². The number of pyridine rings is 1. The summed E-state index contributed by atoms with van der Waals surface area (Å²) in [6.45, 7) is 13.2. The van der Waals surface area contributed by atoms with E-state index in [1.54, 1.807) is 12.1 Å². The van der Waals surface area contributed by atoms with E-state index in [-0.39, 0.29) is 46.5 Å². The first kappa shape index (κ1) is 31.4. The Labute approximate surface area is 267 Å². The number of nitrogens with zero attached hydrogens (tertiary/aromatic N) is 2. The maximum absolute atomic E-state index is 13.6. The first-order chi connectivity index (χ1) is 20.9. The molecule has 44 heavy (non-hydrogen) atoms. The molecule has 0 spiro atoms. The van der Waals surface area contributed by atoms with Gasteiger partial charge in [0.1, 0.15) is 22.4 Å². The minimum absolute atomic E-state index is 0.0608. The van der Waals surface area contributed by atoms with Gasteiger partial charge in [0.15, 0.2) is 23.3 Å². The van der Waals surface area contributed by atoms with Gasteiger partial charge in [0.05, 0.1) is 17.4 Å². The van der Waals surface area contributed by atoms with Crippen molar-refractivity contribution in [2.45, 2.75) is 82.9 Å². The second kappa shape index (κ2) is 11.6. The first-order valence-electron chi connectivity index (χ1n) is 15.6. The maximum Gasteiger partial charge on any atom is 0.316 e. The van der Waals surface area contributed by atoms with Crippen LogP contribution in [-0.4, -0.2) is 39.8 Å². The number of hydrogen-bond donors (Lipinski definition) is 1. The van der Waals surface area contributed by atoms with Gasteiger partial charge in [-0.2, -0.15) is 4.57 Å². The van der Waals surface area contributed by atoms with E-state index in [1.165, 1.54) is 35.2 Å². The van der Waals surface area contributed by atoms with E-state index in [1.807, 2.05) is 36.0 Å². The highest BCUT2D eigenvalue weighted by Gasteiger charge is 2.68. The number of carbonyl (C=O) groups excluding carboxylic acids is 2. The van der Waals surface area contributed by atoms with Crippen molar-refractivity contribution < 1.29 is 28.4 Å². The number of hydrogen-bond acceptors (Lipinski definition) is 7. The van der Waals surface area contributed by atoms with Gasteiger partial charge in [0.25, 0.3) is 0 Å². The molecule has 9 heteroatoms. The Morgan fingerprint density at radius 3 is 2.73 bits per heavy atom. The molecule has 0 radical (unpaired) electrons. The molecule has 0 aliphatic heterocycles. The summed E-state index contributed by atoms with van der Waals surface area (Å²) in [7, 11) is 0. The SMILES string of the molecule is C=C[C@]1(C)C[C@@H](OC(=O)CSc2nc3cc[n+](Cc4ccc(F)cc4)cc3s2)[C@]2(C)[C@H](C)CC[C@]3(CCC(=O)[C@H]32)[C@@H](C)[C@@H]1O. The van der Waals surface area contributed by atoms with Crippen molar-refractivity contribution in [1.82, 2.24) is 4.98 Å². The number of aliphatic hydroxyl groups excluding tert-OH is 1. The summed E-state index contributed by atoms with van der Waals surface area (Å²) in [5.74, 6) is -0.351. The third kappa shape index (κ3) is 5.22. The smallest absolute Gasteiger partial charge is 0.316 e. The Morgan fingerprint density at radius 1 is 1.25 bits per heavy atom. The fourth-order valence-corrected chi connectivity index (χ4v) is 10.6. The van der Waals surface area contributed by atoms with Crippen molar-refractivity contribution in [2.24, 2.45) is 34.0 Å². The molecule has 6 rings (SSSR count). The van der Waals surface area contributed by atoms with Gasteiger partial charge in [-0.25, -0.2) is 9.37 Å². The summed E-state index contributed by atoms with van der Waals surface area (Å²) in [4.78, 5) is 31.9. The van der Waals surface area contributed by atoms with E-state index >= 15 is 0 Å². The molecule has 3 saturated carbocycles. The Bertz CT molecular complexity index is 1590. The average Bonchev–Trinajstić information content (AvgIpc) is 3.58. The molecule has 2 bridgehead atoms. The fraction of sp³-hybridized carbons (Fsp3) is 0.543. The predicted octanol–water partition coefficient (Wildman–Crippen LogP) is 6.77. The lowest BCUT2D eigenvalue weighted by molar-refractivity contribution is -0.687. The van der Waals surface area contributed by atoms with Crippen LogP contribution in [0.1, 0.15) is 65.4 Å². The van der Waals surface area contributed by atoms with Gasteiger partial charge in [-0.1, -0.05) is 45.5 Å². The number of thioether (sulfide) groups is 1. The van der Waals surface area contributed by atoms with Gasteiger partial charge in [0.2, 0.25) is 0 Å². The first-order valence-corrected chi connectivity index (χ1v) is 17.4. The van der Waals surface area contributed by atoms with Crippen LogP contribution < -0.4 is 4.57 Å². The molecule has 3 aromatic rings. The molecule has 3 fully saturated rings. The number of aromatic nitrogens is 2. The Kier molecular flexibility index (Phi) is 8.29. The number of fused-ring (bicyclic) bond motifs is 1. The Hall–Kier alpha value is -2.62. The van der Waals surface area contributed by atoms with Gasteiger partial charge in [-0.3, -0.25) is 9.59 Å². The zero-order valence-electron chi connectivity index (χ0n) is 25.9. The summed E-state index contributed by atoms with van der Waals surface area (Å²) in [5, 5.41) is 11.7. The van der Waals surface area contributed by atoms with E-state index in [4.69, 9.17) is 9.72 Å². The molecule has 1 aromatic carbocycles. The second-order valence-corrected chi connectivity index (χ2v) is 16.1. The number of ether oxygens (including phenoxy) is 1. The molecule has 2 heterocycles. The molecule has 6 nitrogen and oxygen atoms in total. The van der Waals surface area contributed by atoms with Gasteiger partial charge in [-0.15, -0.1) is 17.9 Å². The molecule has 0 amide bonds. The highest BCUT2D eigenvalue weighted by molar-refractivity contribution is 8.01. The van der Waals surface area contributed by atoms with Crippen molar-refractivity contribution in [1.29, 1.82) is 0 Å². The maximum atomic E-state index is 13.6. The van der Waals surface area contributed by atoms with E-state index < -0.39 is 23.0 Å². The van der Waals surface area contributed by atoms with E-state index in [0.29, 0.717) is 19.4 Å². The van der Waals surface area contributed by atoms with Crippen LogP contribution in [0.2, 0.25) is 0 Å². The summed E-state index contributed by atoms with van der Waals surface area (Å²) in [5.41, 5.74) is 0.370. The van der Waals surface area contributed by atoms with Gasteiger partial charge >= 0.3 is 5.97 Å². The van der Waals surface area contributed by atoms with Gasteiger partial charge in [-0.05, 0) is 67.2 Å². The molecule has 3 aliphatic rings. The summed E-state index contributed by atoms with van der Waals surface area (Å²) in [6.07, 6.45) is 8.16.